The number of benzene rings is 3. The second kappa shape index (κ2) is 10.3. The quantitative estimate of drug-likeness (QED) is 0.375. The molecule has 0 amide bonds. The van der Waals surface area contributed by atoms with Crippen LogP contribution in [-0.4, -0.2) is 25.3 Å². The molecule has 33 heavy (non-hydrogen) atoms. The highest BCUT2D eigenvalue weighted by Crippen LogP contribution is 2.32. The van der Waals surface area contributed by atoms with Crippen LogP contribution in [0, 0.1) is 0 Å². The molecule has 174 valence electrons. The van der Waals surface area contributed by atoms with Gasteiger partial charge in [0.05, 0.1) is 25.8 Å². The predicted molar refractivity (Wildman–Crippen MR) is 121 cm³/mol. The summed E-state index contributed by atoms with van der Waals surface area (Å²) in [4.78, 5) is 11.4. The number of carboxylic acids is 1. The summed E-state index contributed by atoms with van der Waals surface area (Å²) in [6.45, 7) is 0.286. The van der Waals surface area contributed by atoms with Crippen LogP contribution in [0.5, 0.6) is 11.5 Å². The average Bonchev–Trinajstić information content (AvgIpc) is 2.80. The van der Waals surface area contributed by atoms with Crippen LogP contribution >= 0.6 is 15.9 Å². The van der Waals surface area contributed by atoms with E-state index in [1.54, 1.807) is 25.3 Å². The Morgan fingerprint density at radius 3 is 2.06 bits per heavy atom. The van der Waals surface area contributed by atoms with Crippen LogP contribution < -0.4 is 14.8 Å². The maximum absolute atomic E-state index is 13.0. The van der Waals surface area contributed by atoms with Crippen molar-refractivity contribution in [1.82, 2.24) is 5.32 Å². The van der Waals surface area contributed by atoms with E-state index < -0.39 is 23.8 Å². The van der Waals surface area contributed by atoms with E-state index in [1.165, 1.54) is 25.3 Å². The number of ether oxygens (including phenoxy) is 2. The zero-order valence-electron chi connectivity index (χ0n) is 17.7. The maximum Gasteiger partial charge on any atom is 0.416 e. The van der Waals surface area contributed by atoms with Crippen molar-refractivity contribution in [2.45, 2.75) is 18.8 Å². The monoisotopic (exact) mass is 523 g/mol. The topological polar surface area (TPSA) is 67.8 Å². The van der Waals surface area contributed by atoms with E-state index in [-0.39, 0.29) is 17.9 Å². The van der Waals surface area contributed by atoms with E-state index in [9.17, 15) is 23.1 Å². The molecular weight excluding hydrogens is 503 g/mol. The summed E-state index contributed by atoms with van der Waals surface area (Å²) in [5, 5.41) is 12.7. The van der Waals surface area contributed by atoms with Gasteiger partial charge < -0.3 is 19.9 Å². The summed E-state index contributed by atoms with van der Waals surface area (Å²) >= 11 is 3.39. The van der Waals surface area contributed by atoms with E-state index in [0.29, 0.717) is 15.8 Å². The van der Waals surface area contributed by atoms with E-state index in [4.69, 9.17) is 9.47 Å². The largest absolute Gasteiger partial charge is 0.497 e. The molecule has 2 N–H and O–H groups in total. The molecule has 3 rings (SSSR count). The molecule has 9 heteroatoms. The predicted octanol–water partition coefficient (Wildman–Crippen LogP) is 6.06. The van der Waals surface area contributed by atoms with Crippen molar-refractivity contribution in [1.29, 1.82) is 0 Å². The number of aromatic carboxylic acids is 1. The highest BCUT2D eigenvalue weighted by Gasteiger charge is 2.30. The Morgan fingerprint density at radius 2 is 1.58 bits per heavy atom. The first-order chi connectivity index (χ1) is 15.6. The van der Waals surface area contributed by atoms with Gasteiger partial charge in [-0.2, -0.15) is 13.2 Å². The Bertz CT molecular complexity index is 1120. The lowest BCUT2D eigenvalue weighted by Gasteiger charge is -2.22. The fraction of sp³-hybridized carbons (Fsp3) is 0.208. The molecule has 0 aliphatic rings. The van der Waals surface area contributed by atoms with Crippen molar-refractivity contribution in [3.8, 4) is 11.5 Å². The molecule has 0 aromatic heterocycles. The summed E-state index contributed by atoms with van der Waals surface area (Å²) < 4.78 is 50.0. The normalized spacial score (nSPS) is 12.3. The molecule has 0 aliphatic heterocycles. The molecule has 1 atom stereocenters. The summed E-state index contributed by atoms with van der Waals surface area (Å²) in [6, 6.07) is 14.8. The first-order valence-corrected chi connectivity index (χ1v) is 10.6. The molecule has 0 aliphatic carbocycles. The SMILES string of the molecule is COc1ccc(C(NCc2cc(OC)c(C(=O)O)cc2Br)c2ccc(C(F)(F)F)cc2)cc1. The first-order valence-electron chi connectivity index (χ1n) is 9.78. The minimum absolute atomic E-state index is 0.0163. The molecule has 0 saturated heterocycles. The van der Waals surface area contributed by atoms with Gasteiger partial charge in [-0.3, -0.25) is 0 Å². The molecule has 3 aromatic carbocycles. The van der Waals surface area contributed by atoms with Gasteiger partial charge in [-0.1, -0.05) is 40.2 Å². The number of nitrogens with one attached hydrogen (secondary N) is 1. The zero-order chi connectivity index (χ0) is 24.2. The third-order valence-corrected chi connectivity index (χ3v) is 5.85. The Balaban J connectivity index is 1.94. The van der Waals surface area contributed by atoms with E-state index in [0.717, 1.165) is 23.3 Å². The van der Waals surface area contributed by atoms with Crippen molar-refractivity contribution < 1.29 is 32.5 Å². The van der Waals surface area contributed by atoms with Gasteiger partial charge in [0, 0.05) is 11.0 Å². The van der Waals surface area contributed by atoms with Crippen LogP contribution in [0.2, 0.25) is 0 Å². The third kappa shape index (κ3) is 5.85. The van der Waals surface area contributed by atoms with Crippen molar-refractivity contribution in [2.24, 2.45) is 0 Å². The third-order valence-electron chi connectivity index (χ3n) is 5.12. The highest BCUT2D eigenvalue weighted by atomic mass is 79.9. The van der Waals surface area contributed by atoms with Crippen LogP contribution in [-0.2, 0) is 12.7 Å². The number of methoxy groups -OCH3 is 2. The molecule has 0 saturated carbocycles. The van der Waals surface area contributed by atoms with Gasteiger partial charge in [0.2, 0.25) is 0 Å². The molecule has 0 spiro atoms. The lowest BCUT2D eigenvalue weighted by Crippen LogP contribution is -2.22. The number of hydrogen-bond donors (Lipinski definition) is 2. The van der Waals surface area contributed by atoms with Gasteiger partial charge in [0.15, 0.2) is 0 Å². The van der Waals surface area contributed by atoms with E-state index in [1.807, 2.05) is 12.1 Å². The number of halogens is 4. The lowest BCUT2D eigenvalue weighted by molar-refractivity contribution is -0.137. The minimum Gasteiger partial charge on any atom is -0.497 e. The Morgan fingerprint density at radius 1 is 1.00 bits per heavy atom. The molecule has 1 unspecified atom stereocenters. The molecule has 0 heterocycles. The molecule has 5 nitrogen and oxygen atoms in total. The van der Waals surface area contributed by atoms with Crippen LogP contribution in [0.1, 0.15) is 38.7 Å². The van der Waals surface area contributed by atoms with Crippen molar-refractivity contribution in [2.75, 3.05) is 14.2 Å². The van der Waals surface area contributed by atoms with Crippen molar-refractivity contribution >= 4 is 21.9 Å². The van der Waals surface area contributed by atoms with Crippen LogP contribution in [0.4, 0.5) is 13.2 Å². The van der Waals surface area contributed by atoms with Gasteiger partial charge in [-0.15, -0.1) is 0 Å². The Kier molecular flexibility index (Phi) is 7.65. The van der Waals surface area contributed by atoms with Gasteiger partial charge in [0.1, 0.15) is 17.1 Å². The number of carboxylic acid groups (broad SMARTS) is 1. The summed E-state index contributed by atoms with van der Waals surface area (Å²) in [5.41, 5.74) is 1.47. The van der Waals surface area contributed by atoms with Gasteiger partial charge in [-0.25, -0.2) is 4.79 Å². The van der Waals surface area contributed by atoms with Crippen molar-refractivity contribution in [3.63, 3.8) is 0 Å². The highest BCUT2D eigenvalue weighted by molar-refractivity contribution is 9.10. The second-order valence-corrected chi connectivity index (χ2v) is 8.01. The summed E-state index contributed by atoms with van der Waals surface area (Å²) in [5.74, 6) is -0.257. The van der Waals surface area contributed by atoms with Crippen molar-refractivity contribution in [3.05, 3.63) is 93.0 Å². The molecular formula is C24H21BrF3NO4. The summed E-state index contributed by atoms with van der Waals surface area (Å²) in [7, 11) is 2.93. The fourth-order valence-electron chi connectivity index (χ4n) is 3.37. The number of alkyl halides is 3. The molecule has 0 fully saturated rings. The van der Waals surface area contributed by atoms with Crippen LogP contribution in [0.15, 0.2) is 65.1 Å². The first kappa shape index (κ1) is 24.6. The van der Waals surface area contributed by atoms with Gasteiger partial charge in [0.25, 0.3) is 0 Å². The lowest BCUT2D eigenvalue weighted by atomic mass is 9.97. The summed E-state index contributed by atoms with van der Waals surface area (Å²) in [6.07, 6.45) is -4.42. The van der Waals surface area contributed by atoms with Crippen LogP contribution in [0.25, 0.3) is 0 Å². The van der Waals surface area contributed by atoms with Crippen LogP contribution in [0.3, 0.4) is 0 Å². The Hall–Kier alpha value is -3.04. The van der Waals surface area contributed by atoms with E-state index >= 15 is 0 Å². The fourth-order valence-corrected chi connectivity index (χ4v) is 3.85. The number of rotatable bonds is 8. The smallest absolute Gasteiger partial charge is 0.416 e. The van der Waals surface area contributed by atoms with E-state index in [2.05, 4.69) is 21.2 Å². The zero-order valence-corrected chi connectivity index (χ0v) is 19.3. The molecule has 0 radical (unpaired) electrons. The molecule has 0 bridgehead atoms. The van der Waals surface area contributed by atoms with Gasteiger partial charge >= 0.3 is 12.1 Å². The standard InChI is InChI=1S/C24H21BrF3NO4/c1-32-18-9-5-15(6-10-18)22(14-3-7-17(8-4-14)24(26,27)28)29-13-16-11-21(33-2)19(23(30)31)12-20(16)25/h3-12,22,29H,13H2,1-2H3,(H,30,31). The Labute approximate surface area is 197 Å². The number of hydrogen-bond acceptors (Lipinski definition) is 4. The second-order valence-electron chi connectivity index (χ2n) is 7.16. The molecule has 3 aromatic rings. The number of carbonyl (C=O) groups is 1. The average molecular weight is 524 g/mol. The van der Waals surface area contributed by atoms with Gasteiger partial charge in [-0.05, 0) is 53.1 Å². The maximum atomic E-state index is 13.0. The minimum atomic E-state index is -4.42.